The van der Waals surface area contributed by atoms with Crippen molar-refractivity contribution in [2.75, 3.05) is 31.1 Å². The van der Waals surface area contributed by atoms with E-state index >= 15 is 0 Å². The van der Waals surface area contributed by atoms with E-state index in [1.807, 2.05) is 72.5 Å². The Hall–Kier alpha value is -2.92. The molecule has 2 aromatic carbocycles. The average Bonchev–Trinajstić information content (AvgIpc) is 2.74. The van der Waals surface area contributed by atoms with Crippen molar-refractivity contribution in [1.29, 1.82) is 0 Å². The molecule has 1 aliphatic rings. The lowest BCUT2D eigenvalue weighted by Gasteiger charge is -2.35. The summed E-state index contributed by atoms with van der Waals surface area (Å²) in [7, 11) is 0. The number of amides is 1. The maximum Gasteiger partial charge on any atom is 0.254 e. The van der Waals surface area contributed by atoms with Crippen molar-refractivity contribution >= 4 is 23.3 Å². The first-order valence-electron chi connectivity index (χ1n) is 9.31. The first-order valence-corrected chi connectivity index (χ1v) is 9.69. The molecule has 1 aliphatic heterocycles. The number of nitrogens with zero attached hydrogens (tertiary/aromatic N) is 4. The quantitative estimate of drug-likeness (QED) is 0.674. The van der Waals surface area contributed by atoms with E-state index in [0.29, 0.717) is 18.1 Å². The van der Waals surface area contributed by atoms with Gasteiger partial charge in [0.05, 0.1) is 5.69 Å². The van der Waals surface area contributed by atoms with E-state index in [1.54, 1.807) is 0 Å². The zero-order chi connectivity index (χ0) is 19.5. The molecule has 0 bridgehead atoms. The molecular weight excluding hydrogens is 372 g/mol. The van der Waals surface area contributed by atoms with E-state index in [4.69, 9.17) is 11.6 Å². The normalized spacial score (nSPS) is 14.2. The maximum atomic E-state index is 12.8. The number of halogens is 1. The first kappa shape index (κ1) is 18.4. The van der Waals surface area contributed by atoms with Gasteiger partial charge in [-0.25, -0.2) is 0 Å². The number of hydrogen-bond acceptors (Lipinski definition) is 4. The van der Waals surface area contributed by atoms with Crippen molar-refractivity contribution in [2.45, 2.75) is 6.92 Å². The molecule has 1 fully saturated rings. The highest BCUT2D eigenvalue weighted by Gasteiger charge is 2.23. The van der Waals surface area contributed by atoms with E-state index in [0.717, 1.165) is 41.3 Å². The first-order chi connectivity index (χ1) is 13.6. The third kappa shape index (κ3) is 3.85. The Kier molecular flexibility index (Phi) is 5.26. The summed E-state index contributed by atoms with van der Waals surface area (Å²) in [5, 5.41) is 9.44. The molecule has 0 spiro atoms. The second-order valence-electron chi connectivity index (χ2n) is 6.88. The lowest BCUT2D eigenvalue weighted by Crippen LogP contribution is -2.49. The minimum absolute atomic E-state index is 0.0990. The number of aromatic nitrogens is 2. The smallest absolute Gasteiger partial charge is 0.254 e. The zero-order valence-corrected chi connectivity index (χ0v) is 16.4. The topological polar surface area (TPSA) is 49.3 Å². The van der Waals surface area contributed by atoms with Crippen molar-refractivity contribution in [2.24, 2.45) is 0 Å². The Balaban J connectivity index is 1.40. The number of rotatable bonds is 3. The molecule has 1 aromatic heterocycles. The van der Waals surface area contributed by atoms with Crippen LogP contribution in [-0.2, 0) is 0 Å². The van der Waals surface area contributed by atoms with Crippen LogP contribution in [0.25, 0.3) is 11.3 Å². The van der Waals surface area contributed by atoms with Crippen LogP contribution in [0.5, 0.6) is 0 Å². The predicted octanol–water partition coefficient (Wildman–Crippen LogP) is 4.07. The van der Waals surface area contributed by atoms with Crippen LogP contribution >= 0.6 is 11.6 Å². The minimum atomic E-state index is 0.0990. The summed E-state index contributed by atoms with van der Waals surface area (Å²) in [6.07, 6.45) is 0. The van der Waals surface area contributed by atoms with Crippen molar-refractivity contribution in [3.05, 3.63) is 76.8 Å². The highest BCUT2D eigenvalue weighted by atomic mass is 35.5. The number of hydrogen-bond donors (Lipinski definition) is 0. The molecule has 0 N–H and O–H groups in total. The van der Waals surface area contributed by atoms with E-state index in [2.05, 4.69) is 15.1 Å². The van der Waals surface area contributed by atoms with Gasteiger partial charge in [-0.2, -0.15) is 0 Å². The number of carbonyl (C=O) groups is 1. The monoisotopic (exact) mass is 392 g/mol. The lowest BCUT2D eigenvalue weighted by atomic mass is 10.1. The number of benzene rings is 2. The Labute approximate surface area is 169 Å². The zero-order valence-electron chi connectivity index (χ0n) is 15.7. The number of anilines is 1. The molecule has 0 aliphatic carbocycles. The number of carbonyl (C=O) groups excluding carboxylic acids is 1. The molecule has 6 heteroatoms. The lowest BCUT2D eigenvalue weighted by molar-refractivity contribution is 0.0745. The Bertz CT molecular complexity index is 965. The number of aryl methyl sites for hydroxylation is 1. The van der Waals surface area contributed by atoms with Gasteiger partial charge in [-0.1, -0.05) is 41.9 Å². The van der Waals surface area contributed by atoms with Crippen molar-refractivity contribution in [3.8, 4) is 11.3 Å². The van der Waals surface area contributed by atoms with Gasteiger partial charge in [0.25, 0.3) is 5.91 Å². The predicted molar refractivity (Wildman–Crippen MR) is 112 cm³/mol. The van der Waals surface area contributed by atoms with Crippen molar-refractivity contribution in [1.82, 2.24) is 15.1 Å². The second kappa shape index (κ2) is 7.98. The van der Waals surface area contributed by atoms with Gasteiger partial charge in [0, 0.05) is 42.3 Å². The summed E-state index contributed by atoms with van der Waals surface area (Å²) in [6, 6.07) is 19.2. The van der Waals surface area contributed by atoms with E-state index in [9.17, 15) is 4.79 Å². The van der Waals surface area contributed by atoms with Crippen molar-refractivity contribution in [3.63, 3.8) is 0 Å². The molecule has 142 valence electrons. The molecule has 0 radical (unpaired) electrons. The Morgan fingerprint density at radius 1 is 0.893 bits per heavy atom. The third-order valence-electron chi connectivity index (χ3n) is 5.06. The Morgan fingerprint density at radius 3 is 2.25 bits per heavy atom. The third-order valence-corrected chi connectivity index (χ3v) is 5.31. The van der Waals surface area contributed by atoms with Crippen LogP contribution in [0.3, 0.4) is 0 Å². The van der Waals surface area contributed by atoms with Crippen molar-refractivity contribution < 1.29 is 4.79 Å². The van der Waals surface area contributed by atoms with Crippen LogP contribution in [0.4, 0.5) is 5.82 Å². The standard InChI is InChI=1S/C22H21ClN4O/c1-16-4-2-3-5-19(16)22(28)27-14-12-26(13-15-27)21-11-10-20(24-25-21)17-6-8-18(23)9-7-17/h2-11H,12-15H2,1H3. The van der Waals surface area contributed by atoms with Gasteiger partial charge in [0.2, 0.25) is 0 Å². The SMILES string of the molecule is Cc1ccccc1C(=O)N1CCN(c2ccc(-c3ccc(Cl)cc3)nn2)CC1. The highest BCUT2D eigenvalue weighted by Crippen LogP contribution is 2.21. The summed E-state index contributed by atoms with van der Waals surface area (Å²) in [5.41, 5.74) is 3.59. The molecule has 4 rings (SSSR count). The van der Waals surface area contributed by atoms with Gasteiger partial charge < -0.3 is 9.80 Å². The molecule has 28 heavy (non-hydrogen) atoms. The molecule has 1 amide bonds. The van der Waals surface area contributed by atoms with Gasteiger partial charge in [-0.3, -0.25) is 4.79 Å². The fraction of sp³-hybridized carbons (Fsp3) is 0.227. The van der Waals surface area contributed by atoms with Crippen LogP contribution in [-0.4, -0.2) is 47.2 Å². The highest BCUT2D eigenvalue weighted by molar-refractivity contribution is 6.30. The van der Waals surface area contributed by atoms with Gasteiger partial charge in [0.1, 0.15) is 0 Å². The molecule has 0 atom stereocenters. The summed E-state index contributed by atoms with van der Waals surface area (Å²) in [5.74, 6) is 0.933. The van der Waals surface area contributed by atoms with Gasteiger partial charge in [-0.05, 0) is 42.8 Å². The largest absolute Gasteiger partial charge is 0.352 e. The van der Waals surface area contributed by atoms with Crippen LogP contribution < -0.4 is 4.90 Å². The fourth-order valence-electron chi connectivity index (χ4n) is 3.39. The summed E-state index contributed by atoms with van der Waals surface area (Å²) in [6.45, 7) is 4.81. The summed E-state index contributed by atoms with van der Waals surface area (Å²) < 4.78 is 0. The van der Waals surface area contributed by atoms with Crippen LogP contribution in [0.15, 0.2) is 60.7 Å². The molecule has 2 heterocycles. The van der Waals surface area contributed by atoms with Gasteiger partial charge >= 0.3 is 0 Å². The van der Waals surface area contributed by atoms with Crippen LogP contribution in [0, 0.1) is 6.92 Å². The molecule has 0 unspecified atom stereocenters. The molecular formula is C22H21ClN4O. The van der Waals surface area contributed by atoms with Crippen LogP contribution in [0.2, 0.25) is 5.02 Å². The van der Waals surface area contributed by atoms with E-state index in [1.165, 1.54) is 0 Å². The molecule has 3 aromatic rings. The molecule has 1 saturated heterocycles. The van der Waals surface area contributed by atoms with Crippen LogP contribution in [0.1, 0.15) is 15.9 Å². The summed E-state index contributed by atoms with van der Waals surface area (Å²) >= 11 is 5.94. The Morgan fingerprint density at radius 2 is 1.61 bits per heavy atom. The molecule has 5 nitrogen and oxygen atoms in total. The minimum Gasteiger partial charge on any atom is -0.352 e. The summed E-state index contributed by atoms with van der Waals surface area (Å²) in [4.78, 5) is 16.8. The van der Waals surface area contributed by atoms with Gasteiger partial charge in [-0.15, -0.1) is 10.2 Å². The number of piperazine rings is 1. The maximum absolute atomic E-state index is 12.8. The second-order valence-corrected chi connectivity index (χ2v) is 7.31. The molecule has 0 saturated carbocycles. The van der Waals surface area contributed by atoms with E-state index in [-0.39, 0.29) is 5.91 Å². The van der Waals surface area contributed by atoms with Gasteiger partial charge in [0.15, 0.2) is 5.82 Å². The van der Waals surface area contributed by atoms with E-state index < -0.39 is 0 Å². The average molecular weight is 393 g/mol. The fourth-order valence-corrected chi connectivity index (χ4v) is 3.52.